The number of benzene rings is 1. The molecule has 2 amide bonds. The molecule has 1 unspecified atom stereocenters. The predicted octanol–water partition coefficient (Wildman–Crippen LogP) is -1.06. The van der Waals surface area contributed by atoms with Gasteiger partial charge in [-0.15, -0.1) is 0 Å². The summed E-state index contributed by atoms with van der Waals surface area (Å²) in [5, 5.41) is 28.1. The summed E-state index contributed by atoms with van der Waals surface area (Å²) >= 11 is 0. The van der Waals surface area contributed by atoms with Gasteiger partial charge in [0.05, 0.1) is 23.9 Å². The number of carbonyl (C=O) groups excluding carboxylic acids is 2. The Balaban J connectivity index is 0.00000544. The number of pyridine rings is 1. The molecule has 0 saturated heterocycles. The molecule has 4 N–H and O–H groups in total. The van der Waals surface area contributed by atoms with Crippen molar-refractivity contribution in [2.24, 2.45) is 0 Å². The van der Waals surface area contributed by atoms with Gasteiger partial charge in [-0.2, -0.15) is 0 Å². The minimum atomic E-state index is -1.18. The number of rotatable bonds is 12. The van der Waals surface area contributed by atoms with Crippen LogP contribution in [0.2, 0.25) is 0 Å². The molecule has 1 aromatic carbocycles. The standard InChI is InChI=1S/C21H25N5O6.Na/c1-14-7-9-23-18(10-14)22-8-3-6-19(27)24-13-20(28)25-17(12-21(29)30)15-4-2-5-16(11-15)26(31)32;/h2,4-5,7,9-11,17H,3,6,8,12-13H2,1H3,(H,22,23)(H,24,27)(H,25,28)(H,29,30);/q;+1. The van der Waals surface area contributed by atoms with E-state index in [0.717, 1.165) is 11.4 Å². The van der Waals surface area contributed by atoms with Gasteiger partial charge < -0.3 is 21.1 Å². The molecular weight excluding hydrogens is 441 g/mol. The summed E-state index contributed by atoms with van der Waals surface area (Å²) in [4.78, 5) is 49.8. The van der Waals surface area contributed by atoms with Crippen LogP contribution in [0.5, 0.6) is 0 Å². The molecule has 1 heterocycles. The Morgan fingerprint density at radius 2 is 1.94 bits per heavy atom. The molecule has 11 nitrogen and oxygen atoms in total. The Kier molecular flexibility index (Phi) is 12.0. The number of non-ortho nitro benzene ring substituents is 1. The number of carbonyl (C=O) groups is 3. The number of carboxylic acid groups (broad SMARTS) is 1. The topological polar surface area (TPSA) is 164 Å². The quantitative estimate of drug-likeness (QED) is 0.133. The zero-order valence-electron chi connectivity index (χ0n) is 18.5. The smallest absolute Gasteiger partial charge is 0.481 e. The zero-order chi connectivity index (χ0) is 23.5. The van der Waals surface area contributed by atoms with Crippen LogP contribution < -0.4 is 45.5 Å². The summed E-state index contributed by atoms with van der Waals surface area (Å²) in [7, 11) is 0. The van der Waals surface area contributed by atoms with Crippen molar-refractivity contribution in [1.82, 2.24) is 15.6 Å². The Hall–Kier alpha value is -3.02. The monoisotopic (exact) mass is 466 g/mol. The molecule has 0 aliphatic rings. The Morgan fingerprint density at radius 3 is 2.61 bits per heavy atom. The first-order valence-electron chi connectivity index (χ1n) is 9.93. The van der Waals surface area contributed by atoms with Crippen molar-refractivity contribution in [2.75, 3.05) is 18.4 Å². The van der Waals surface area contributed by atoms with E-state index in [9.17, 15) is 24.5 Å². The van der Waals surface area contributed by atoms with Gasteiger partial charge in [-0.25, -0.2) is 4.98 Å². The molecule has 1 aromatic heterocycles. The van der Waals surface area contributed by atoms with E-state index in [-0.39, 0.29) is 59.7 Å². The third-order valence-electron chi connectivity index (χ3n) is 4.45. The zero-order valence-corrected chi connectivity index (χ0v) is 20.5. The molecule has 2 aromatic rings. The largest absolute Gasteiger partial charge is 1.00 e. The van der Waals surface area contributed by atoms with E-state index >= 15 is 0 Å². The summed E-state index contributed by atoms with van der Waals surface area (Å²) in [6.07, 6.45) is 1.95. The Bertz CT molecular complexity index is 987. The van der Waals surface area contributed by atoms with Crippen molar-refractivity contribution in [3.63, 3.8) is 0 Å². The summed E-state index contributed by atoms with van der Waals surface area (Å²) in [6.45, 7) is 2.14. The molecule has 33 heavy (non-hydrogen) atoms. The van der Waals surface area contributed by atoms with Crippen molar-refractivity contribution < 1.29 is 54.0 Å². The van der Waals surface area contributed by atoms with Crippen LogP contribution in [-0.4, -0.2) is 45.9 Å². The number of aryl methyl sites for hydroxylation is 1. The van der Waals surface area contributed by atoms with E-state index in [0.29, 0.717) is 13.0 Å². The van der Waals surface area contributed by atoms with E-state index in [4.69, 9.17) is 5.11 Å². The van der Waals surface area contributed by atoms with Crippen LogP contribution >= 0.6 is 0 Å². The van der Waals surface area contributed by atoms with Crippen LogP contribution in [0.15, 0.2) is 42.6 Å². The molecule has 2 rings (SSSR count). The van der Waals surface area contributed by atoms with E-state index in [2.05, 4.69) is 20.9 Å². The van der Waals surface area contributed by atoms with Crippen LogP contribution in [0.4, 0.5) is 11.5 Å². The fourth-order valence-electron chi connectivity index (χ4n) is 2.89. The van der Waals surface area contributed by atoms with Crippen molar-refractivity contribution in [1.29, 1.82) is 0 Å². The molecule has 0 saturated carbocycles. The molecule has 0 fully saturated rings. The van der Waals surface area contributed by atoms with Gasteiger partial charge in [0.25, 0.3) is 5.69 Å². The Labute approximate surface area is 212 Å². The predicted molar refractivity (Wildman–Crippen MR) is 116 cm³/mol. The van der Waals surface area contributed by atoms with Crippen molar-refractivity contribution >= 4 is 29.3 Å². The first-order chi connectivity index (χ1) is 15.2. The summed E-state index contributed by atoms with van der Waals surface area (Å²) in [6, 6.07) is 8.19. The van der Waals surface area contributed by atoms with Crippen molar-refractivity contribution in [3.8, 4) is 0 Å². The van der Waals surface area contributed by atoms with Crippen LogP contribution in [-0.2, 0) is 14.4 Å². The fourth-order valence-corrected chi connectivity index (χ4v) is 2.89. The maximum atomic E-state index is 12.2. The van der Waals surface area contributed by atoms with Gasteiger partial charge >= 0.3 is 35.5 Å². The number of nitro benzene ring substituents is 1. The number of hydrogen-bond donors (Lipinski definition) is 4. The molecular formula is C21H25N5NaO6+. The second kappa shape index (κ2) is 14.2. The average Bonchev–Trinajstić information content (AvgIpc) is 2.74. The number of aromatic nitrogens is 1. The third kappa shape index (κ3) is 10.4. The van der Waals surface area contributed by atoms with Gasteiger partial charge in [0.1, 0.15) is 5.82 Å². The van der Waals surface area contributed by atoms with Crippen molar-refractivity contribution in [3.05, 3.63) is 63.8 Å². The second-order valence-corrected chi connectivity index (χ2v) is 7.10. The molecule has 170 valence electrons. The molecule has 0 aliphatic carbocycles. The van der Waals surface area contributed by atoms with Crippen LogP contribution in [0, 0.1) is 17.0 Å². The number of carboxylic acids is 1. The van der Waals surface area contributed by atoms with Gasteiger partial charge in [-0.1, -0.05) is 12.1 Å². The number of hydrogen-bond acceptors (Lipinski definition) is 7. The fraction of sp³-hybridized carbons (Fsp3) is 0.333. The van der Waals surface area contributed by atoms with Crippen LogP contribution in [0.3, 0.4) is 0 Å². The van der Waals surface area contributed by atoms with Gasteiger partial charge in [-0.3, -0.25) is 24.5 Å². The average molecular weight is 466 g/mol. The molecule has 0 radical (unpaired) electrons. The summed E-state index contributed by atoms with van der Waals surface area (Å²) in [5.41, 5.74) is 1.14. The number of nitrogens with zero attached hydrogens (tertiary/aromatic N) is 2. The normalized spacial score (nSPS) is 10.9. The van der Waals surface area contributed by atoms with Gasteiger partial charge in [-0.05, 0) is 36.6 Å². The van der Waals surface area contributed by atoms with E-state index < -0.39 is 29.3 Å². The number of aliphatic carboxylic acids is 1. The number of amides is 2. The van der Waals surface area contributed by atoms with Gasteiger partial charge in [0.2, 0.25) is 11.8 Å². The molecule has 0 spiro atoms. The maximum Gasteiger partial charge on any atom is 1.00 e. The second-order valence-electron chi connectivity index (χ2n) is 7.10. The van der Waals surface area contributed by atoms with Crippen LogP contribution in [0.1, 0.15) is 36.4 Å². The van der Waals surface area contributed by atoms with Crippen LogP contribution in [0.25, 0.3) is 0 Å². The first kappa shape index (κ1) is 28.0. The minimum absolute atomic E-state index is 0. The third-order valence-corrected chi connectivity index (χ3v) is 4.45. The Morgan fingerprint density at radius 1 is 1.18 bits per heavy atom. The van der Waals surface area contributed by atoms with E-state index in [1.54, 1.807) is 6.20 Å². The minimum Gasteiger partial charge on any atom is -0.481 e. The first-order valence-corrected chi connectivity index (χ1v) is 9.93. The SMILES string of the molecule is Cc1ccnc(NCCCC(=O)NCC(=O)NC(CC(=O)O)c2cccc([N+](=O)[O-])c2)c1.[Na+]. The molecule has 0 bridgehead atoms. The van der Waals surface area contributed by atoms with E-state index in [1.807, 2.05) is 19.1 Å². The number of nitrogens with one attached hydrogen (secondary N) is 3. The number of anilines is 1. The number of nitro groups is 1. The van der Waals surface area contributed by atoms with Gasteiger partial charge in [0, 0.05) is 31.3 Å². The molecule has 12 heteroatoms. The summed E-state index contributed by atoms with van der Waals surface area (Å²) in [5.74, 6) is -1.39. The maximum absolute atomic E-state index is 12.2. The van der Waals surface area contributed by atoms with Crippen molar-refractivity contribution in [2.45, 2.75) is 32.2 Å². The van der Waals surface area contributed by atoms with E-state index in [1.165, 1.54) is 24.3 Å². The summed E-state index contributed by atoms with van der Waals surface area (Å²) < 4.78 is 0. The van der Waals surface area contributed by atoms with Gasteiger partial charge in [0.15, 0.2) is 0 Å². The molecule has 1 atom stereocenters. The molecule has 0 aliphatic heterocycles.